The fourth-order valence-corrected chi connectivity index (χ4v) is 3.96. The van der Waals surface area contributed by atoms with Crippen molar-refractivity contribution in [2.75, 3.05) is 7.05 Å². The third kappa shape index (κ3) is 6.04. The summed E-state index contributed by atoms with van der Waals surface area (Å²) < 4.78 is 65.4. The molecule has 0 heterocycles. The monoisotopic (exact) mass is 444 g/mol. The smallest absolute Gasteiger partial charge is 0.391 e. The lowest BCUT2D eigenvalue weighted by atomic mass is 10.1. The normalized spacial score (nSPS) is 14.2. The zero-order chi connectivity index (χ0) is 22.7. The van der Waals surface area contributed by atoms with Crippen molar-refractivity contribution in [2.45, 2.75) is 43.6 Å². The molecule has 30 heavy (non-hydrogen) atoms. The third-order valence-electron chi connectivity index (χ3n) is 4.44. The zero-order valence-electron chi connectivity index (χ0n) is 16.6. The highest BCUT2D eigenvalue weighted by Crippen LogP contribution is 2.29. The van der Waals surface area contributed by atoms with Crippen LogP contribution in [-0.2, 0) is 27.5 Å². The molecule has 0 saturated carbocycles. The number of sulfonamides is 1. The van der Waals surface area contributed by atoms with Crippen molar-refractivity contribution in [3.63, 3.8) is 0 Å². The van der Waals surface area contributed by atoms with E-state index in [0.29, 0.717) is 5.56 Å². The molecule has 0 radical (unpaired) electrons. The molecule has 2 aromatic rings. The van der Waals surface area contributed by atoms with E-state index in [4.69, 9.17) is 0 Å². The molecule has 0 bridgehead atoms. The van der Waals surface area contributed by atoms with E-state index in [-0.39, 0.29) is 11.4 Å². The molecule has 0 fully saturated rings. The average Bonchev–Trinajstić information content (AvgIpc) is 2.65. The number of carbonyl (C=O) groups excluding carboxylic acids is 1. The first-order chi connectivity index (χ1) is 13.8. The summed E-state index contributed by atoms with van der Waals surface area (Å²) in [7, 11) is -2.71. The Balaban J connectivity index is 2.15. The van der Waals surface area contributed by atoms with Crippen LogP contribution >= 0.6 is 0 Å². The number of aryl methyl sites for hydroxylation is 1. The van der Waals surface area contributed by atoms with Gasteiger partial charge >= 0.3 is 6.18 Å². The number of halogens is 3. The maximum atomic E-state index is 12.7. The number of aliphatic hydroxyl groups is 1. The maximum Gasteiger partial charge on any atom is 0.416 e. The molecule has 0 aliphatic rings. The average molecular weight is 444 g/mol. The van der Waals surface area contributed by atoms with Crippen LogP contribution in [0.2, 0.25) is 0 Å². The Bertz CT molecular complexity index is 973. The number of aliphatic hydroxyl groups excluding tert-OH is 1. The van der Waals surface area contributed by atoms with E-state index >= 15 is 0 Å². The van der Waals surface area contributed by atoms with Gasteiger partial charge in [-0.1, -0.05) is 29.8 Å². The molecule has 2 rings (SSSR count). The molecule has 0 aliphatic carbocycles. The molecule has 2 aromatic carbocycles. The SMILES string of the molecule is Cc1ccc(S(=O)(=O)NC(C(=O)N(C)Cc2ccc(C(F)(F)F)cc2)C(C)O)cc1. The van der Waals surface area contributed by atoms with Gasteiger partial charge in [0.1, 0.15) is 6.04 Å². The molecule has 1 amide bonds. The lowest BCUT2D eigenvalue weighted by Gasteiger charge is -2.26. The van der Waals surface area contributed by atoms with Crippen LogP contribution in [0.25, 0.3) is 0 Å². The molecule has 2 atom stereocenters. The van der Waals surface area contributed by atoms with E-state index in [9.17, 15) is 31.5 Å². The largest absolute Gasteiger partial charge is 0.416 e. The Morgan fingerprint density at radius 1 is 1.10 bits per heavy atom. The van der Waals surface area contributed by atoms with E-state index in [0.717, 1.165) is 22.6 Å². The van der Waals surface area contributed by atoms with Gasteiger partial charge in [-0.05, 0) is 43.7 Å². The van der Waals surface area contributed by atoms with Crippen molar-refractivity contribution in [3.05, 3.63) is 65.2 Å². The fourth-order valence-electron chi connectivity index (χ4n) is 2.70. The van der Waals surface area contributed by atoms with Gasteiger partial charge in [-0.25, -0.2) is 8.42 Å². The quantitative estimate of drug-likeness (QED) is 0.688. The number of carbonyl (C=O) groups is 1. The second-order valence-electron chi connectivity index (χ2n) is 7.04. The fraction of sp³-hybridized carbons (Fsp3) is 0.350. The van der Waals surface area contributed by atoms with Crippen molar-refractivity contribution in [1.29, 1.82) is 0 Å². The van der Waals surface area contributed by atoms with Gasteiger partial charge < -0.3 is 10.0 Å². The predicted molar refractivity (Wildman–Crippen MR) is 105 cm³/mol. The number of hydrogen-bond acceptors (Lipinski definition) is 4. The van der Waals surface area contributed by atoms with Crippen LogP contribution in [0.3, 0.4) is 0 Å². The first-order valence-corrected chi connectivity index (χ1v) is 10.5. The summed E-state index contributed by atoms with van der Waals surface area (Å²) in [6, 6.07) is 8.78. The van der Waals surface area contributed by atoms with E-state index in [1.165, 1.54) is 38.2 Å². The van der Waals surface area contributed by atoms with E-state index in [1.54, 1.807) is 19.1 Å². The van der Waals surface area contributed by atoms with Crippen LogP contribution in [0, 0.1) is 6.92 Å². The van der Waals surface area contributed by atoms with Gasteiger partial charge in [-0.3, -0.25) is 4.79 Å². The summed E-state index contributed by atoms with van der Waals surface area (Å²) in [5, 5.41) is 9.98. The van der Waals surface area contributed by atoms with Crippen molar-refractivity contribution >= 4 is 15.9 Å². The lowest BCUT2D eigenvalue weighted by molar-refractivity contribution is -0.138. The number of rotatable bonds is 7. The highest BCUT2D eigenvalue weighted by molar-refractivity contribution is 7.89. The molecule has 0 spiro atoms. The molecule has 6 nitrogen and oxygen atoms in total. The van der Waals surface area contributed by atoms with Gasteiger partial charge in [0.15, 0.2) is 0 Å². The zero-order valence-corrected chi connectivity index (χ0v) is 17.5. The van der Waals surface area contributed by atoms with E-state index < -0.39 is 39.8 Å². The van der Waals surface area contributed by atoms with Crippen LogP contribution in [-0.4, -0.2) is 43.5 Å². The van der Waals surface area contributed by atoms with Crippen molar-refractivity contribution in [2.24, 2.45) is 0 Å². The summed E-state index contributed by atoms with van der Waals surface area (Å²) in [6.45, 7) is 3.00. The first-order valence-electron chi connectivity index (χ1n) is 8.99. The highest BCUT2D eigenvalue weighted by atomic mass is 32.2. The Hall–Kier alpha value is -2.43. The van der Waals surface area contributed by atoms with Gasteiger partial charge in [0.2, 0.25) is 15.9 Å². The molecule has 10 heteroatoms. The number of nitrogens with one attached hydrogen (secondary N) is 1. The number of likely N-dealkylation sites (N-methyl/N-ethyl adjacent to an activating group) is 1. The van der Waals surface area contributed by atoms with E-state index in [1.807, 2.05) is 0 Å². The van der Waals surface area contributed by atoms with Crippen LogP contribution in [0.15, 0.2) is 53.4 Å². The Morgan fingerprint density at radius 2 is 1.63 bits per heavy atom. The minimum atomic E-state index is -4.47. The maximum absolute atomic E-state index is 12.7. The van der Waals surface area contributed by atoms with Crippen LogP contribution in [0.5, 0.6) is 0 Å². The van der Waals surface area contributed by atoms with Gasteiger partial charge in [-0.2, -0.15) is 17.9 Å². The molecule has 2 unspecified atom stereocenters. The summed E-state index contributed by atoms with van der Waals surface area (Å²) in [5.74, 6) is -0.722. The predicted octanol–water partition coefficient (Wildman–Crippen LogP) is 2.70. The van der Waals surface area contributed by atoms with Gasteiger partial charge in [0, 0.05) is 13.6 Å². The third-order valence-corrected chi connectivity index (χ3v) is 5.90. The van der Waals surface area contributed by atoms with Gasteiger partial charge in [0.05, 0.1) is 16.6 Å². The van der Waals surface area contributed by atoms with Crippen molar-refractivity contribution in [3.8, 4) is 0 Å². The van der Waals surface area contributed by atoms with Gasteiger partial charge in [-0.15, -0.1) is 0 Å². The highest BCUT2D eigenvalue weighted by Gasteiger charge is 2.32. The van der Waals surface area contributed by atoms with Gasteiger partial charge in [0.25, 0.3) is 0 Å². The number of amides is 1. The first kappa shape index (κ1) is 23.8. The van der Waals surface area contributed by atoms with Crippen molar-refractivity contribution < 1.29 is 31.5 Å². The number of benzene rings is 2. The lowest BCUT2D eigenvalue weighted by Crippen LogP contribution is -2.52. The topological polar surface area (TPSA) is 86.7 Å². The molecule has 0 aliphatic heterocycles. The summed E-state index contributed by atoms with van der Waals surface area (Å²) in [6.07, 6.45) is -5.81. The van der Waals surface area contributed by atoms with Crippen LogP contribution in [0.4, 0.5) is 13.2 Å². The Morgan fingerprint density at radius 3 is 2.10 bits per heavy atom. The summed E-state index contributed by atoms with van der Waals surface area (Å²) in [4.78, 5) is 13.8. The second kappa shape index (κ2) is 9.15. The minimum Gasteiger partial charge on any atom is -0.391 e. The molecule has 0 aromatic heterocycles. The molecule has 2 N–H and O–H groups in total. The van der Waals surface area contributed by atoms with Crippen LogP contribution < -0.4 is 4.72 Å². The minimum absolute atomic E-state index is 0.0584. The summed E-state index contributed by atoms with van der Waals surface area (Å²) in [5.41, 5.74) is 0.464. The second-order valence-corrected chi connectivity index (χ2v) is 8.76. The Kier molecular flexibility index (Phi) is 7.27. The standard InChI is InChI=1S/C20H23F3N2O4S/c1-13-4-10-17(11-5-13)30(28,29)24-18(14(2)26)19(27)25(3)12-15-6-8-16(9-7-15)20(21,22)23/h4-11,14,18,24,26H,12H2,1-3H3. The molecule has 0 saturated heterocycles. The van der Waals surface area contributed by atoms with Crippen molar-refractivity contribution in [1.82, 2.24) is 9.62 Å². The summed E-state index contributed by atoms with van der Waals surface area (Å²) >= 11 is 0. The molecule has 164 valence electrons. The number of alkyl halides is 3. The van der Waals surface area contributed by atoms with E-state index in [2.05, 4.69) is 4.72 Å². The number of hydrogen-bond donors (Lipinski definition) is 2. The molecular formula is C20H23F3N2O4S. The molecular weight excluding hydrogens is 421 g/mol. The van der Waals surface area contributed by atoms with Crippen LogP contribution in [0.1, 0.15) is 23.6 Å². The number of nitrogens with zero attached hydrogens (tertiary/aromatic N) is 1. The Labute approximate surface area is 173 Å².